The molecule has 1 aromatic heterocycles. The molecule has 0 fully saturated rings. The number of rotatable bonds is 6. The number of hydrogen-bond acceptors (Lipinski definition) is 6. The molecule has 0 spiro atoms. The first-order valence-corrected chi connectivity index (χ1v) is 10.0. The average molecular weight is 488 g/mol. The van der Waals surface area contributed by atoms with Gasteiger partial charge in [0.25, 0.3) is 11.8 Å². The number of carbonyl (C=O) groups is 3. The number of amides is 2. The van der Waals surface area contributed by atoms with Crippen LogP contribution in [0.1, 0.15) is 32.1 Å². The van der Waals surface area contributed by atoms with Crippen molar-refractivity contribution < 1.29 is 32.3 Å². The summed E-state index contributed by atoms with van der Waals surface area (Å²) in [6, 6.07) is 11.1. The van der Waals surface area contributed by atoms with Gasteiger partial charge in [0.15, 0.2) is 5.69 Å². The molecule has 2 N–H and O–H groups in total. The van der Waals surface area contributed by atoms with Gasteiger partial charge in [-0.25, -0.2) is 4.68 Å². The lowest BCUT2D eigenvalue weighted by Crippen LogP contribution is -2.30. The van der Waals surface area contributed by atoms with E-state index in [2.05, 4.69) is 20.5 Å². The van der Waals surface area contributed by atoms with Crippen LogP contribution in [0.4, 0.5) is 18.9 Å². The Balaban J connectivity index is 1.84. The van der Waals surface area contributed by atoms with Crippen LogP contribution in [0.25, 0.3) is 5.69 Å². The van der Waals surface area contributed by atoms with Crippen molar-refractivity contribution in [3.05, 3.63) is 87.3 Å². The van der Waals surface area contributed by atoms with E-state index < -0.39 is 40.6 Å². The van der Waals surface area contributed by atoms with E-state index in [1.165, 1.54) is 56.5 Å². The normalized spacial score (nSPS) is 11.0. The van der Waals surface area contributed by atoms with Crippen molar-refractivity contribution in [3.63, 3.8) is 0 Å². The summed E-state index contributed by atoms with van der Waals surface area (Å²) in [4.78, 5) is 48.2. The Morgan fingerprint density at radius 1 is 1.03 bits per heavy atom. The highest BCUT2D eigenvalue weighted by atomic mass is 19.4. The molecule has 1 heterocycles. The number of ether oxygens (including phenoxy) is 1. The van der Waals surface area contributed by atoms with Gasteiger partial charge in [-0.1, -0.05) is 12.1 Å². The van der Waals surface area contributed by atoms with Crippen LogP contribution in [0.3, 0.4) is 0 Å². The molecule has 2 amide bonds. The Morgan fingerprint density at radius 3 is 2.31 bits per heavy atom. The molecule has 182 valence electrons. The fraction of sp³-hybridized carbons (Fsp3) is 0.174. The van der Waals surface area contributed by atoms with Crippen LogP contribution < -0.4 is 16.1 Å². The summed E-state index contributed by atoms with van der Waals surface area (Å²) in [6.07, 6.45) is -4.68. The van der Waals surface area contributed by atoms with Crippen LogP contribution in [-0.2, 0) is 15.7 Å². The molecule has 35 heavy (non-hydrogen) atoms. The molecule has 3 aromatic rings. The molecule has 0 atom stereocenters. The van der Waals surface area contributed by atoms with Crippen LogP contribution in [0.2, 0.25) is 0 Å². The van der Waals surface area contributed by atoms with Gasteiger partial charge in [-0.15, -0.1) is 0 Å². The van der Waals surface area contributed by atoms with Gasteiger partial charge in [0, 0.05) is 23.0 Å². The number of carbonyl (C=O) groups excluding carboxylic acids is 3. The van der Waals surface area contributed by atoms with E-state index >= 15 is 0 Å². The fourth-order valence-corrected chi connectivity index (χ4v) is 3.07. The van der Waals surface area contributed by atoms with Crippen molar-refractivity contribution in [2.45, 2.75) is 13.1 Å². The number of para-hydroxylation sites is 1. The second-order valence-corrected chi connectivity index (χ2v) is 7.22. The van der Waals surface area contributed by atoms with Crippen LogP contribution in [0.5, 0.6) is 0 Å². The Bertz CT molecular complexity index is 1330. The minimum atomic E-state index is -4.68. The molecule has 2 aromatic carbocycles. The monoisotopic (exact) mass is 488 g/mol. The third-order valence-corrected chi connectivity index (χ3v) is 4.79. The summed E-state index contributed by atoms with van der Waals surface area (Å²) in [6.45, 7) is 1.07. The lowest BCUT2D eigenvalue weighted by atomic mass is 10.1. The van der Waals surface area contributed by atoms with Crippen LogP contribution >= 0.6 is 0 Å². The van der Waals surface area contributed by atoms with Gasteiger partial charge < -0.3 is 15.4 Å². The molecule has 0 saturated carbocycles. The summed E-state index contributed by atoms with van der Waals surface area (Å²) in [5, 5.41) is 8.67. The smallest absolute Gasteiger partial charge is 0.418 e. The van der Waals surface area contributed by atoms with Gasteiger partial charge in [-0.05, 0) is 43.3 Å². The summed E-state index contributed by atoms with van der Waals surface area (Å²) < 4.78 is 45.7. The van der Waals surface area contributed by atoms with Crippen LogP contribution in [0.15, 0.2) is 59.4 Å². The van der Waals surface area contributed by atoms with Gasteiger partial charge in [-0.3, -0.25) is 19.2 Å². The topological polar surface area (TPSA) is 119 Å². The zero-order valence-corrected chi connectivity index (χ0v) is 18.5. The minimum Gasteiger partial charge on any atom is -0.468 e. The molecule has 0 radical (unpaired) electrons. The summed E-state index contributed by atoms with van der Waals surface area (Å²) in [7, 11) is 1.18. The van der Waals surface area contributed by atoms with Crippen LogP contribution in [0, 0.1) is 6.92 Å². The number of benzene rings is 2. The average Bonchev–Trinajstić information content (AvgIpc) is 2.82. The van der Waals surface area contributed by atoms with E-state index in [1.807, 2.05) is 0 Å². The molecule has 12 heteroatoms. The zero-order chi connectivity index (χ0) is 25.8. The second kappa shape index (κ2) is 10.2. The van der Waals surface area contributed by atoms with E-state index in [-0.39, 0.29) is 29.2 Å². The maximum absolute atomic E-state index is 13.5. The van der Waals surface area contributed by atoms with Crippen molar-refractivity contribution in [1.82, 2.24) is 15.1 Å². The third kappa shape index (κ3) is 5.91. The zero-order valence-electron chi connectivity index (χ0n) is 18.5. The van der Waals surface area contributed by atoms with Crippen molar-refractivity contribution in [1.29, 1.82) is 0 Å². The highest BCUT2D eigenvalue weighted by Gasteiger charge is 2.34. The predicted molar refractivity (Wildman–Crippen MR) is 118 cm³/mol. The first kappa shape index (κ1) is 25.1. The Hall–Kier alpha value is -4.48. The molecule has 0 bridgehead atoms. The molecule has 9 nitrogen and oxygen atoms in total. The van der Waals surface area contributed by atoms with Gasteiger partial charge >= 0.3 is 12.1 Å². The van der Waals surface area contributed by atoms with Crippen molar-refractivity contribution >= 4 is 23.5 Å². The maximum Gasteiger partial charge on any atom is 0.418 e. The maximum atomic E-state index is 13.5. The minimum absolute atomic E-state index is 0.102. The molecular weight excluding hydrogens is 469 g/mol. The van der Waals surface area contributed by atoms with E-state index in [4.69, 9.17) is 0 Å². The SMILES string of the molecule is COC(=O)CNC(=O)c1ccc(NC(=O)c2nn(-c3ccccc3C(F)(F)F)c(C)cc2=O)cc1. The van der Waals surface area contributed by atoms with Gasteiger partial charge in [0.1, 0.15) is 6.54 Å². The second-order valence-electron chi connectivity index (χ2n) is 7.22. The molecular formula is C23H19F3N4O5. The Kier molecular flexibility index (Phi) is 7.33. The molecule has 0 aliphatic heterocycles. The molecule has 0 aliphatic rings. The largest absolute Gasteiger partial charge is 0.468 e. The van der Waals surface area contributed by atoms with Crippen LogP contribution in [-0.4, -0.2) is 41.2 Å². The van der Waals surface area contributed by atoms with Crippen molar-refractivity contribution in [2.75, 3.05) is 19.0 Å². The number of halogens is 3. The number of esters is 1. The standard InChI is InChI=1S/C23H19F3N4O5/c1-13-11-18(31)20(29-30(13)17-6-4-3-5-16(17)23(24,25)26)22(34)28-15-9-7-14(8-10-15)21(33)27-12-19(32)35-2/h3-11H,12H2,1-2H3,(H,27,33)(H,28,34). The van der Waals surface area contributed by atoms with E-state index in [0.29, 0.717) is 0 Å². The van der Waals surface area contributed by atoms with E-state index in [9.17, 15) is 32.3 Å². The number of anilines is 1. The number of hydrogen-bond donors (Lipinski definition) is 2. The summed E-state index contributed by atoms with van der Waals surface area (Å²) in [5.41, 5.74) is -2.23. The Labute approximate surface area is 196 Å². The summed E-state index contributed by atoms with van der Waals surface area (Å²) in [5.74, 6) is -2.13. The predicted octanol–water partition coefficient (Wildman–Crippen LogP) is 2.71. The first-order chi connectivity index (χ1) is 16.5. The number of methoxy groups -OCH3 is 1. The molecule has 0 saturated heterocycles. The highest BCUT2D eigenvalue weighted by molar-refractivity contribution is 6.03. The molecule has 3 rings (SSSR count). The van der Waals surface area contributed by atoms with Gasteiger partial charge in [0.2, 0.25) is 5.43 Å². The van der Waals surface area contributed by atoms with Crippen molar-refractivity contribution in [2.24, 2.45) is 0 Å². The molecule has 0 unspecified atom stereocenters. The molecule has 0 aliphatic carbocycles. The number of aromatic nitrogens is 2. The van der Waals surface area contributed by atoms with E-state index in [0.717, 1.165) is 16.8 Å². The van der Waals surface area contributed by atoms with E-state index in [1.54, 1.807) is 0 Å². The van der Waals surface area contributed by atoms with Gasteiger partial charge in [0.05, 0.1) is 18.4 Å². The number of nitrogens with zero attached hydrogens (tertiary/aromatic N) is 2. The van der Waals surface area contributed by atoms with Gasteiger partial charge in [-0.2, -0.15) is 18.3 Å². The first-order valence-electron chi connectivity index (χ1n) is 10.0. The summed E-state index contributed by atoms with van der Waals surface area (Å²) >= 11 is 0. The number of alkyl halides is 3. The lowest BCUT2D eigenvalue weighted by Gasteiger charge is -2.16. The lowest BCUT2D eigenvalue weighted by molar-refractivity contribution is -0.139. The third-order valence-electron chi connectivity index (χ3n) is 4.79. The Morgan fingerprint density at radius 2 is 1.69 bits per heavy atom. The van der Waals surface area contributed by atoms with Crippen molar-refractivity contribution in [3.8, 4) is 5.69 Å². The highest BCUT2D eigenvalue weighted by Crippen LogP contribution is 2.33. The number of aryl methyl sites for hydroxylation is 1. The number of nitrogens with one attached hydrogen (secondary N) is 2. The quantitative estimate of drug-likeness (QED) is 0.515. The fourth-order valence-electron chi connectivity index (χ4n) is 3.07.